The van der Waals surface area contributed by atoms with Crippen molar-refractivity contribution in [2.45, 2.75) is 0 Å². The van der Waals surface area contributed by atoms with E-state index in [2.05, 4.69) is 267 Å². The van der Waals surface area contributed by atoms with Crippen molar-refractivity contribution in [1.29, 1.82) is 0 Å². The van der Waals surface area contributed by atoms with Crippen LogP contribution in [-0.2, 0) is 0 Å². The monoisotopic (exact) mass is 1150 g/mol. The lowest BCUT2D eigenvalue weighted by atomic mass is 9.87. The van der Waals surface area contributed by atoms with Gasteiger partial charge in [-0.15, -0.1) is 0 Å². The molecule has 0 heteroatoms. The maximum atomic E-state index is 2.48. The summed E-state index contributed by atoms with van der Waals surface area (Å²) in [6.07, 6.45) is 0. The predicted molar refractivity (Wildman–Crippen MR) is 399 cm³/mol. The quantitative estimate of drug-likeness (QED) is 0.105. The van der Waals surface area contributed by atoms with Gasteiger partial charge in [-0.05, 0) is 302 Å². The second kappa shape index (κ2) is 15.5. The minimum atomic E-state index is 1.30. The van der Waals surface area contributed by atoms with Crippen LogP contribution in [0.15, 0.2) is 267 Å². The highest BCUT2D eigenvalue weighted by atomic mass is 14.3. The zero-order valence-electron chi connectivity index (χ0n) is 49.4. The van der Waals surface area contributed by atoms with Crippen LogP contribution < -0.4 is 0 Å². The Balaban J connectivity index is 0.000000113. The minimum absolute atomic E-state index is 1.30. The highest BCUT2D eigenvalue weighted by molar-refractivity contribution is 6.50. The van der Waals surface area contributed by atoms with Crippen molar-refractivity contribution in [1.82, 2.24) is 0 Å². The largest absolute Gasteiger partial charge is 0.0616 e. The van der Waals surface area contributed by atoms with Gasteiger partial charge in [0.1, 0.15) is 0 Å². The lowest BCUT2D eigenvalue weighted by Crippen LogP contribution is -1.88. The smallest absolute Gasteiger partial charge is 0.000785 e. The summed E-state index contributed by atoms with van der Waals surface area (Å²) in [5, 5.41) is 54.8. The third-order valence-corrected chi connectivity index (χ3v) is 23.2. The van der Waals surface area contributed by atoms with E-state index in [1.165, 1.54) is 260 Å². The number of rotatable bonds is 0. The van der Waals surface area contributed by atoms with E-state index in [0.29, 0.717) is 0 Å². The van der Waals surface area contributed by atoms with Gasteiger partial charge in [0.15, 0.2) is 0 Å². The van der Waals surface area contributed by atoms with Crippen LogP contribution in [0.3, 0.4) is 0 Å². The molecular formula is C92H44. The standard InChI is InChI=1S/2C46H22/c1-2-6-25-20-37-33-16-12-29-31-14-18-35-41-22-39-27-10-4-8-23-7-3-9-26(42(23)27)38(39)21-40(41)34-17-13-30(44(31)46(34)35)28-11-15-32(45(33)43(28)29)36(37)19-24(25)5-1;1-2-7-24-21-38-34-16-13-30-32-18-19-36-44-35(39-22-25-8-5-11-27-26-9-3-4-10-28(26)46(40(25)27)45(36)39)17-14-31(42(32)44)29-12-15-33(43(34)41(29)30)37(38)20-23(24)6-1/h2*1-22H. The molecule has 2 aliphatic carbocycles. The van der Waals surface area contributed by atoms with E-state index in [0.717, 1.165) is 0 Å². The summed E-state index contributed by atoms with van der Waals surface area (Å²) >= 11 is 0. The summed E-state index contributed by atoms with van der Waals surface area (Å²) in [6, 6.07) is 102. The fourth-order valence-electron chi connectivity index (χ4n) is 19.6. The van der Waals surface area contributed by atoms with E-state index in [-0.39, 0.29) is 0 Å². The van der Waals surface area contributed by atoms with Crippen molar-refractivity contribution < 1.29 is 0 Å². The molecule has 0 atom stereocenters. The first kappa shape index (κ1) is 46.2. The summed E-state index contributed by atoms with van der Waals surface area (Å²) in [5.41, 5.74) is 10.9. The number of hydrogen-bond donors (Lipinski definition) is 0. The lowest BCUT2D eigenvalue weighted by Gasteiger charge is -2.16. The first-order valence-electron chi connectivity index (χ1n) is 32.5. The Labute approximate surface area is 523 Å². The molecule has 92 heavy (non-hydrogen) atoms. The van der Waals surface area contributed by atoms with E-state index >= 15 is 0 Å². The first-order chi connectivity index (χ1) is 45.6. The Bertz CT molecular complexity index is 7280. The fraction of sp³-hybridized carbons (Fsp3) is 0. The van der Waals surface area contributed by atoms with Crippen molar-refractivity contribution in [2.75, 3.05) is 0 Å². The van der Waals surface area contributed by atoms with E-state index in [1.54, 1.807) is 0 Å². The van der Waals surface area contributed by atoms with Gasteiger partial charge in [-0.2, -0.15) is 0 Å². The molecule has 0 saturated heterocycles. The summed E-state index contributed by atoms with van der Waals surface area (Å²) in [7, 11) is 0. The second-order valence-electron chi connectivity index (χ2n) is 27.1. The number of benzene rings is 20. The van der Waals surface area contributed by atoms with Gasteiger partial charge in [0, 0.05) is 0 Å². The highest BCUT2D eigenvalue weighted by Gasteiger charge is 2.30. The van der Waals surface area contributed by atoms with Gasteiger partial charge in [-0.1, -0.05) is 224 Å². The Morgan fingerprint density at radius 2 is 0.359 bits per heavy atom. The topological polar surface area (TPSA) is 0 Å². The van der Waals surface area contributed by atoms with Gasteiger partial charge in [-0.25, -0.2) is 0 Å². The molecule has 412 valence electrons. The molecule has 0 saturated carbocycles. The van der Waals surface area contributed by atoms with Crippen LogP contribution in [0.5, 0.6) is 0 Å². The van der Waals surface area contributed by atoms with Gasteiger partial charge < -0.3 is 0 Å². The van der Waals surface area contributed by atoms with Crippen molar-refractivity contribution in [3.8, 4) is 44.5 Å². The molecule has 0 bridgehead atoms. The Hall–Kier alpha value is -12.0. The third kappa shape index (κ3) is 5.18. The molecule has 24 aromatic rings. The third-order valence-electron chi connectivity index (χ3n) is 23.2. The van der Waals surface area contributed by atoms with Crippen molar-refractivity contribution in [3.05, 3.63) is 267 Å². The van der Waals surface area contributed by atoms with Gasteiger partial charge in [0.2, 0.25) is 0 Å². The van der Waals surface area contributed by atoms with Crippen molar-refractivity contribution in [2.24, 2.45) is 0 Å². The SMILES string of the molecule is c1ccc2cc3c(cc2c1)-c1ccc2c4ccc5c6cc7c(cc6c6ccc(c8ccc-3c1c28)c4c56)c1cccc2cccc7c21.c1ccc2cc3c(cc2c1)-c1ccc2c4ccc5c6cc7cccc8c9ccccc9c(c78)c6c6ccc(c7ccc-3c1c27)c4c56. The Kier molecular flexibility index (Phi) is 7.80. The van der Waals surface area contributed by atoms with Crippen LogP contribution >= 0.6 is 0 Å². The zero-order valence-corrected chi connectivity index (χ0v) is 49.4. The zero-order chi connectivity index (χ0) is 58.8. The summed E-state index contributed by atoms with van der Waals surface area (Å²) in [6.45, 7) is 0. The molecule has 0 heterocycles. The van der Waals surface area contributed by atoms with Crippen molar-refractivity contribution in [3.63, 3.8) is 0 Å². The molecule has 2 aliphatic rings. The summed E-state index contributed by atoms with van der Waals surface area (Å²) in [5.74, 6) is 0. The lowest BCUT2D eigenvalue weighted by molar-refractivity contribution is 1.73. The highest BCUT2D eigenvalue weighted by Crippen LogP contribution is 2.58. The molecule has 0 amide bonds. The van der Waals surface area contributed by atoms with Gasteiger partial charge in [0.05, 0.1) is 0 Å². The van der Waals surface area contributed by atoms with Gasteiger partial charge >= 0.3 is 0 Å². The molecule has 0 aromatic heterocycles. The van der Waals surface area contributed by atoms with Crippen molar-refractivity contribution >= 4 is 215 Å². The molecule has 0 spiro atoms. The van der Waals surface area contributed by atoms with Crippen LogP contribution in [0.2, 0.25) is 0 Å². The van der Waals surface area contributed by atoms with Crippen LogP contribution in [-0.4, -0.2) is 0 Å². The molecule has 0 unspecified atom stereocenters. The van der Waals surface area contributed by atoms with E-state index < -0.39 is 0 Å². The van der Waals surface area contributed by atoms with E-state index in [4.69, 9.17) is 0 Å². The van der Waals surface area contributed by atoms with Crippen LogP contribution in [0.1, 0.15) is 0 Å². The number of hydrogen-bond acceptors (Lipinski definition) is 0. The van der Waals surface area contributed by atoms with E-state index in [1.807, 2.05) is 0 Å². The molecule has 26 rings (SSSR count). The first-order valence-corrected chi connectivity index (χ1v) is 32.5. The predicted octanol–water partition coefficient (Wildman–Crippen LogP) is 26.4. The molecule has 0 nitrogen and oxygen atoms in total. The Morgan fingerprint density at radius 1 is 0.0978 bits per heavy atom. The molecule has 0 aliphatic heterocycles. The number of fused-ring (bicyclic) bond motifs is 25. The average molecular weight is 1150 g/mol. The molecule has 0 radical (unpaired) electrons. The molecular weight excluding hydrogens is 1110 g/mol. The molecule has 24 aromatic carbocycles. The van der Waals surface area contributed by atoms with Crippen LogP contribution in [0, 0.1) is 0 Å². The van der Waals surface area contributed by atoms with Crippen LogP contribution in [0.25, 0.3) is 260 Å². The average Bonchev–Trinajstić information content (AvgIpc) is 1.48. The normalized spacial score (nSPS) is 13.2. The summed E-state index contributed by atoms with van der Waals surface area (Å²) in [4.78, 5) is 0. The minimum Gasteiger partial charge on any atom is -0.0616 e. The maximum absolute atomic E-state index is 2.48. The maximum Gasteiger partial charge on any atom is -0.000785 e. The Morgan fingerprint density at radius 3 is 0.783 bits per heavy atom. The van der Waals surface area contributed by atoms with Gasteiger partial charge in [-0.3, -0.25) is 0 Å². The van der Waals surface area contributed by atoms with Crippen LogP contribution in [0.4, 0.5) is 0 Å². The van der Waals surface area contributed by atoms with E-state index in [9.17, 15) is 0 Å². The van der Waals surface area contributed by atoms with Gasteiger partial charge in [0.25, 0.3) is 0 Å². The second-order valence-corrected chi connectivity index (χ2v) is 27.1. The fourth-order valence-corrected chi connectivity index (χ4v) is 19.6. The molecule has 0 N–H and O–H groups in total. The molecule has 0 fully saturated rings. The summed E-state index contributed by atoms with van der Waals surface area (Å²) < 4.78 is 0.